The van der Waals surface area contributed by atoms with Crippen molar-refractivity contribution in [2.45, 2.75) is 393 Å². The molecule has 1 atom stereocenters. The predicted octanol–water partition coefficient (Wildman–Crippen LogP) is 23.9. The molecular formula is C72H134O6. The molecule has 0 amide bonds. The minimum atomic E-state index is -0.781. The number of hydrogen-bond donors (Lipinski definition) is 0. The second-order valence-corrected chi connectivity index (χ2v) is 23.8. The molecule has 0 aliphatic carbocycles. The van der Waals surface area contributed by atoms with Crippen molar-refractivity contribution >= 4 is 17.9 Å². The number of allylic oxidation sites excluding steroid dienone is 6. The van der Waals surface area contributed by atoms with Gasteiger partial charge in [0.2, 0.25) is 0 Å². The van der Waals surface area contributed by atoms with E-state index in [2.05, 4.69) is 57.2 Å². The average Bonchev–Trinajstić information content (AvgIpc) is 3.44. The highest BCUT2D eigenvalue weighted by molar-refractivity contribution is 5.71. The molecule has 0 aliphatic rings. The van der Waals surface area contributed by atoms with Crippen LogP contribution in [-0.2, 0) is 28.6 Å². The first kappa shape index (κ1) is 75.6. The van der Waals surface area contributed by atoms with Crippen molar-refractivity contribution < 1.29 is 28.6 Å². The smallest absolute Gasteiger partial charge is 0.306 e. The zero-order chi connectivity index (χ0) is 56.4. The summed E-state index contributed by atoms with van der Waals surface area (Å²) < 4.78 is 16.9. The van der Waals surface area contributed by atoms with Crippen LogP contribution < -0.4 is 0 Å². The molecular weight excluding hydrogens is 961 g/mol. The molecule has 0 spiro atoms. The summed E-state index contributed by atoms with van der Waals surface area (Å²) >= 11 is 0. The van der Waals surface area contributed by atoms with E-state index >= 15 is 0 Å². The number of esters is 3. The van der Waals surface area contributed by atoms with Gasteiger partial charge in [-0.25, -0.2) is 0 Å². The van der Waals surface area contributed by atoms with E-state index in [-0.39, 0.29) is 31.1 Å². The third kappa shape index (κ3) is 64.5. The lowest BCUT2D eigenvalue weighted by Gasteiger charge is -2.18. The van der Waals surface area contributed by atoms with Gasteiger partial charge in [0.25, 0.3) is 0 Å². The molecule has 6 heteroatoms. The predicted molar refractivity (Wildman–Crippen MR) is 339 cm³/mol. The summed E-state index contributed by atoms with van der Waals surface area (Å²) in [5.41, 5.74) is 0. The zero-order valence-corrected chi connectivity index (χ0v) is 52.7. The number of rotatable bonds is 65. The molecule has 1 unspecified atom stereocenters. The maximum atomic E-state index is 12.9. The molecule has 78 heavy (non-hydrogen) atoms. The monoisotopic (exact) mass is 1100 g/mol. The Bertz CT molecular complexity index is 1300. The molecule has 0 aromatic carbocycles. The maximum absolute atomic E-state index is 12.9. The van der Waals surface area contributed by atoms with Crippen LogP contribution in [0.5, 0.6) is 0 Å². The van der Waals surface area contributed by atoms with Gasteiger partial charge in [-0.3, -0.25) is 14.4 Å². The van der Waals surface area contributed by atoms with Crippen molar-refractivity contribution in [3.05, 3.63) is 36.5 Å². The van der Waals surface area contributed by atoms with Crippen molar-refractivity contribution in [1.29, 1.82) is 0 Å². The minimum Gasteiger partial charge on any atom is -0.462 e. The Morgan fingerprint density at radius 2 is 0.474 bits per heavy atom. The van der Waals surface area contributed by atoms with E-state index < -0.39 is 6.10 Å². The molecule has 6 nitrogen and oxygen atoms in total. The summed E-state index contributed by atoms with van der Waals surface area (Å²) in [5, 5.41) is 0. The number of ether oxygens (including phenoxy) is 3. The fourth-order valence-electron chi connectivity index (χ4n) is 10.6. The van der Waals surface area contributed by atoms with Crippen LogP contribution in [0.25, 0.3) is 0 Å². The highest BCUT2D eigenvalue weighted by Gasteiger charge is 2.19. The largest absolute Gasteiger partial charge is 0.462 e. The summed E-state index contributed by atoms with van der Waals surface area (Å²) in [5.74, 6) is -0.879. The van der Waals surface area contributed by atoms with Crippen molar-refractivity contribution in [2.75, 3.05) is 13.2 Å². The Balaban J connectivity index is 4.05. The molecule has 0 saturated heterocycles. The minimum absolute atomic E-state index is 0.0767. The van der Waals surface area contributed by atoms with Gasteiger partial charge >= 0.3 is 17.9 Å². The first-order chi connectivity index (χ1) is 38.5. The molecule has 0 N–H and O–H groups in total. The van der Waals surface area contributed by atoms with Crippen LogP contribution >= 0.6 is 0 Å². The molecule has 0 saturated carbocycles. The third-order valence-corrected chi connectivity index (χ3v) is 15.9. The standard InChI is InChI=1S/C72H134O6/c1-4-7-10-13-16-19-22-24-26-28-29-30-31-32-33-34-35-36-37-38-39-40-41-42-43-44-46-47-50-53-56-59-62-65-71(74)77-68-69(67-76-70(73)64-61-58-55-52-49-21-18-15-12-9-6-3)78-72(75)66-63-60-57-54-51-48-45-27-25-23-20-17-14-11-8-5-2/h15,18,20,23,27,45,69H,4-14,16-17,19,21-22,24-26,28-44,46-68H2,1-3H3/b18-15-,23-20-,45-27-. The Morgan fingerprint density at radius 3 is 0.769 bits per heavy atom. The lowest BCUT2D eigenvalue weighted by Crippen LogP contribution is -2.30. The van der Waals surface area contributed by atoms with Gasteiger partial charge in [-0.15, -0.1) is 0 Å². The number of carbonyl (C=O) groups excluding carboxylic acids is 3. The molecule has 0 heterocycles. The number of unbranched alkanes of at least 4 members (excludes halogenated alkanes) is 48. The fraction of sp³-hybridized carbons (Fsp3) is 0.875. The Labute approximate surface area is 486 Å². The van der Waals surface area contributed by atoms with E-state index in [0.29, 0.717) is 19.3 Å². The van der Waals surface area contributed by atoms with Gasteiger partial charge in [-0.2, -0.15) is 0 Å². The molecule has 0 fully saturated rings. The highest BCUT2D eigenvalue weighted by Crippen LogP contribution is 2.19. The summed E-state index contributed by atoms with van der Waals surface area (Å²) in [6.07, 6.45) is 83.4. The van der Waals surface area contributed by atoms with Gasteiger partial charge < -0.3 is 14.2 Å². The van der Waals surface area contributed by atoms with Crippen molar-refractivity contribution in [2.24, 2.45) is 0 Å². The lowest BCUT2D eigenvalue weighted by molar-refractivity contribution is -0.167. The van der Waals surface area contributed by atoms with E-state index in [4.69, 9.17) is 14.2 Å². The van der Waals surface area contributed by atoms with Gasteiger partial charge in [0.15, 0.2) is 6.10 Å². The summed E-state index contributed by atoms with van der Waals surface area (Å²) in [6.45, 7) is 6.62. The fourth-order valence-corrected chi connectivity index (χ4v) is 10.6. The summed E-state index contributed by atoms with van der Waals surface area (Å²) in [7, 11) is 0. The van der Waals surface area contributed by atoms with Gasteiger partial charge in [-0.05, 0) is 70.6 Å². The van der Waals surface area contributed by atoms with E-state index in [1.165, 1.54) is 257 Å². The second-order valence-electron chi connectivity index (χ2n) is 23.8. The Hall–Kier alpha value is -2.37. The average molecular weight is 1100 g/mol. The molecule has 458 valence electrons. The molecule has 0 radical (unpaired) electrons. The van der Waals surface area contributed by atoms with Gasteiger partial charge in [0.05, 0.1) is 0 Å². The number of hydrogen-bond acceptors (Lipinski definition) is 6. The van der Waals surface area contributed by atoms with Crippen molar-refractivity contribution in [3.63, 3.8) is 0 Å². The lowest BCUT2D eigenvalue weighted by atomic mass is 10.0. The second kappa shape index (κ2) is 67.1. The summed E-state index contributed by atoms with van der Waals surface area (Å²) in [4.78, 5) is 38.2. The summed E-state index contributed by atoms with van der Waals surface area (Å²) in [6, 6.07) is 0. The maximum Gasteiger partial charge on any atom is 0.306 e. The Kier molecular flexibility index (Phi) is 65.1. The molecule has 0 bridgehead atoms. The van der Waals surface area contributed by atoms with Crippen LogP contribution in [0.15, 0.2) is 36.5 Å². The van der Waals surface area contributed by atoms with E-state index in [0.717, 1.165) is 89.9 Å². The van der Waals surface area contributed by atoms with Crippen molar-refractivity contribution in [1.82, 2.24) is 0 Å². The molecule has 0 rings (SSSR count). The number of carbonyl (C=O) groups is 3. The van der Waals surface area contributed by atoms with Crippen LogP contribution in [-0.4, -0.2) is 37.2 Å². The van der Waals surface area contributed by atoms with Gasteiger partial charge in [-0.1, -0.05) is 333 Å². The van der Waals surface area contributed by atoms with E-state index in [9.17, 15) is 14.4 Å². The van der Waals surface area contributed by atoms with Crippen LogP contribution in [0.1, 0.15) is 387 Å². The quantitative estimate of drug-likeness (QED) is 0.0261. The van der Waals surface area contributed by atoms with Crippen LogP contribution in [0.2, 0.25) is 0 Å². The highest BCUT2D eigenvalue weighted by atomic mass is 16.6. The SMILES string of the molecule is CCCC/C=C\CCCCCCCC(=O)OCC(COC(=O)CCCCCCCCCCCCCCCCCCCCCCCCCCCCCCCCCCC)OC(=O)CCCCCCC/C=C\C/C=C\CCCCCC. The van der Waals surface area contributed by atoms with Crippen LogP contribution in [0.4, 0.5) is 0 Å². The Morgan fingerprint density at radius 1 is 0.256 bits per heavy atom. The molecule has 0 aromatic heterocycles. The van der Waals surface area contributed by atoms with E-state index in [1.807, 2.05) is 0 Å². The third-order valence-electron chi connectivity index (χ3n) is 15.9. The molecule has 0 aromatic rings. The van der Waals surface area contributed by atoms with Crippen LogP contribution in [0, 0.1) is 0 Å². The van der Waals surface area contributed by atoms with Crippen molar-refractivity contribution in [3.8, 4) is 0 Å². The van der Waals surface area contributed by atoms with E-state index in [1.54, 1.807) is 0 Å². The first-order valence-electron chi connectivity index (χ1n) is 35.0. The van der Waals surface area contributed by atoms with Gasteiger partial charge in [0, 0.05) is 19.3 Å². The zero-order valence-electron chi connectivity index (χ0n) is 52.7. The van der Waals surface area contributed by atoms with Crippen LogP contribution in [0.3, 0.4) is 0 Å². The normalized spacial score (nSPS) is 12.2. The molecule has 0 aliphatic heterocycles. The topological polar surface area (TPSA) is 78.9 Å². The first-order valence-corrected chi connectivity index (χ1v) is 35.0. The van der Waals surface area contributed by atoms with Gasteiger partial charge in [0.1, 0.15) is 13.2 Å².